The monoisotopic (exact) mass is 378 g/mol. The first kappa shape index (κ1) is 18.6. The second-order valence-electron chi connectivity index (χ2n) is 6.25. The van der Waals surface area contributed by atoms with Crippen molar-refractivity contribution in [1.82, 2.24) is 10.0 Å². The molecule has 0 aliphatic carbocycles. The largest absolute Gasteiger partial charge is 0.459 e. The summed E-state index contributed by atoms with van der Waals surface area (Å²) in [5.41, 5.74) is 1.56. The average molecular weight is 378 g/mol. The summed E-state index contributed by atoms with van der Waals surface area (Å²) in [6, 6.07) is 8.12. The van der Waals surface area contributed by atoms with Crippen LogP contribution in [0.15, 0.2) is 45.9 Å². The summed E-state index contributed by atoms with van der Waals surface area (Å²) in [6.07, 6.45) is 3.25. The third-order valence-corrected chi connectivity index (χ3v) is 5.72. The highest BCUT2D eigenvalue weighted by atomic mass is 32.2. The van der Waals surface area contributed by atoms with Gasteiger partial charge in [-0.15, -0.1) is 0 Å². The van der Waals surface area contributed by atoms with Crippen molar-refractivity contribution in [3.8, 4) is 0 Å². The van der Waals surface area contributed by atoms with Gasteiger partial charge in [0.05, 0.1) is 17.3 Å². The Morgan fingerprint density at radius 1 is 1.23 bits per heavy atom. The van der Waals surface area contributed by atoms with Gasteiger partial charge in [0.25, 0.3) is 5.91 Å². The average Bonchev–Trinajstić information content (AvgIpc) is 3.30. The van der Waals surface area contributed by atoms with Gasteiger partial charge in [-0.25, -0.2) is 13.1 Å². The van der Waals surface area contributed by atoms with Crippen LogP contribution >= 0.6 is 0 Å². The maximum Gasteiger partial charge on any atom is 0.287 e. The SMILES string of the molecule is Cc1ccoc1C(=O)NCc1ccc(S(=O)(=O)NC[C@@H]2CCCO2)cc1. The van der Waals surface area contributed by atoms with E-state index in [1.54, 1.807) is 25.1 Å². The van der Waals surface area contributed by atoms with E-state index in [0.29, 0.717) is 6.61 Å². The standard InChI is InChI=1S/C18H22N2O5S/c1-13-8-10-25-17(13)18(21)19-11-14-4-6-16(7-5-14)26(22,23)20-12-15-3-2-9-24-15/h4-8,10,15,20H,2-3,9,11-12H2,1H3,(H,19,21)/t15-/m0/s1. The van der Waals surface area contributed by atoms with Crippen LogP contribution in [0.1, 0.15) is 34.5 Å². The number of aryl methyl sites for hydroxylation is 1. The number of hydrogen-bond donors (Lipinski definition) is 2. The zero-order valence-electron chi connectivity index (χ0n) is 14.5. The van der Waals surface area contributed by atoms with Crippen molar-refractivity contribution in [2.75, 3.05) is 13.2 Å². The Bertz CT molecular complexity index is 852. The van der Waals surface area contributed by atoms with E-state index in [1.807, 2.05) is 0 Å². The topological polar surface area (TPSA) is 97.6 Å². The van der Waals surface area contributed by atoms with Crippen LogP contribution in [-0.2, 0) is 21.3 Å². The molecule has 140 valence electrons. The zero-order chi connectivity index (χ0) is 18.6. The van der Waals surface area contributed by atoms with Gasteiger partial charge in [-0.2, -0.15) is 0 Å². The Morgan fingerprint density at radius 3 is 2.62 bits per heavy atom. The Morgan fingerprint density at radius 2 is 2.00 bits per heavy atom. The maximum atomic E-state index is 12.3. The third kappa shape index (κ3) is 4.51. The Hall–Kier alpha value is -2.16. The lowest BCUT2D eigenvalue weighted by Gasteiger charge is -2.12. The van der Waals surface area contributed by atoms with Gasteiger partial charge in [0, 0.05) is 25.3 Å². The molecule has 2 heterocycles. The summed E-state index contributed by atoms with van der Waals surface area (Å²) in [7, 11) is -3.57. The minimum absolute atomic E-state index is 0.0516. The molecule has 1 amide bonds. The molecule has 1 aliphatic rings. The van der Waals surface area contributed by atoms with Gasteiger partial charge in [-0.05, 0) is 43.5 Å². The molecule has 1 aromatic carbocycles. The van der Waals surface area contributed by atoms with Crippen LogP contribution in [0.5, 0.6) is 0 Å². The van der Waals surface area contributed by atoms with Crippen molar-refractivity contribution >= 4 is 15.9 Å². The number of rotatable bonds is 7. The molecule has 0 bridgehead atoms. The normalized spacial score (nSPS) is 17.3. The smallest absolute Gasteiger partial charge is 0.287 e. The minimum atomic E-state index is -3.57. The van der Waals surface area contributed by atoms with Crippen molar-refractivity contribution in [2.24, 2.45) is 0 Å². The first-order chi connectivity index (χ1) is 12.5. The van der Waals surface area contributed by atoms with E-state index in [2.05, 4.69) is 10.0 Å². The molecule has 1 fully saturated rings. The van der Waals surface area contributed by atoms with Gasteiger partial charge >= 0.3 is 0 Å². The molecule has 1 atom stereocenters. The van der Waals surface area contributed by atoms with Gasteiger partial charge in [-0.3, -0.25) is 4.79 Å². The highest BCUT2D eigenvalue weighted by molar-refractivity contribution is 7.89. The van der Waals surface area contributed by atoms with Crippen molar-refractivity contribution in [3.63, 3.8) is 0 Å². The molecular formula is C18H22N2O5S. The summed E-state index contributed by atoms with van der Waals surface area (Å²) in [6.45, 7) is 3.04. The number of hydrogen-bond acceptors (Lipinski definition) is 5. The van der Waals surface area contributed by atoms with Gasteiger partial charge in [0.2, 0.25) is 10.0 Å². The van der Waals surface area contributed by atoms with Gasteiger partial charge in [0.15, 0.2) is 5.76 Å². The lowest BCUT2D eigenvalue weighted by atomic mass is 10.2. The van der Waals surface area contributed by atoms with E-state index < -0.39 is 10.0 Å². The van der Waals surface area contributed by atoms with Crippen LogP contribution in [0.25, 0.3) is 0 Å². The van der Waals surface area contributed by atoms with E-state index in [1.165, 1.54) is 18.4 Å². The lowest BCUT2D eigenvalue weighted by Crippen LogP contribution is -2.31. The van der Waals surface area contributed by atoms with Gasteiger partial charge in [-0.1, -0.05) is 12.1 Å². The van der Waals surface area contributed by atoms with Gasteiger partial charge < -0.3 is 14.5 Å². The highest BCUT2D eigenvalue weighted by Gasteiger charge is 2.20. The molecule has 1 saturated heterocycles. The van der Waals surface area contributed by atoms with E-state index in [4.69, 9.17) is 9.15 Å². The second-order valence-corrected chi connectivity index (χ2v) is 8.01. The molecule has 8 heteroatoms. The summed E-state index contributed by atoms with van der Waals surface area (Å²) >= 11 is 0. The number of sulfonamides is 1. The van der Waals surface area contributed by atoms with Crippen LogP contribution in [0.3, 0.4) is 0 Å². The Kier molecular flexibility index (Phi) is 5.75. The fraction of sp³-hybridized carbons (Fsp3) is 0.389. The Labute approximate surface area is 152 Å². The minimum Gasteiger partial charge on any atom is -0.459 e. The van der Waals surface area contributed by atoms with Crippen LogP contribution in [-0.4, -0.2) is 33.6 Å². The third-order valence-electron chi connectivity index (χ3n) is 4.28. The molecule has 0 radical (unpaired) electrons. The summed E-state index contributed by atoms with van der Waals surface area (Å²) in [5.74, 6) is -0.0232. The molecule has 0 spiro atoms. The lowest BCUT2D eigenvalue weighted by molar-refractivity contribution is 0.0922. The zero-order valence-corrected chi connectivity index (χ0v) is 15.3. The molecule has 0 saturated carbocycles. The molecule has 2 N–H and O–H groups in total. The van der Waals surface area contributed by atoms with Crippen molar-refractivity contribution in [3.05, 3.63) is 53.5 Å². The first-order valence-corrected chi connectivity index (χ1v) is 9.96. The molecule has 26 heavy (non-hydrogen) atoms. The number of carbonyl (C=O) groups is 1. The number of furan rings is 1. The summed E-state index contributed by atoms with van der Waals surface area (Å²) < 4.78 is 37.8. The predicted octanol–water partition coefficient (Wildman–Crippen LogP) is 1.98. The predicted molar refractivity (Wildman–Crippen MR) is 95.2 cm³/mol. The maximum absolute atomic E-state index is 12.3. The van der Waals surface area contributed by atoms with Crippen LogP contribution in [0, 0.1) is 6.92 Å². The van der Waals surface area contributed by atoms with Crippen LogP contribution < -0.4 is 10.0 Å². The van der Waals surface area contributed by atoms with Crippen LogP contribution in [0.4, 0.5) is 0 Å². The molecule has 0 unspecified atom stereocenters. The fourth-order valence-electron chi connectivity index (χ4n) is 2.75. The van der Waals surface area contributed by atoms with E-state index in [9.17, 15) is 13.2 Å². The highest BCUT2D eigenvalue weighted by Crippen LogP contribution is 2.14. The van der Waals surface area contributed by atoms with E-state index in [0.717, 1.165) is 24.0 Å². The first-order valence-electron chi connectivity index (χ1n) is 8.48. The second kappa shape index (κ2) is 8.03. The van der Waals surface area contributed by atoms with E-state index >= 15 is 0 Å². The van der Waals surface area contributed by atoms with Crippen molar-refractivity contribution in [2.45, 2.75) is 37.3 Å². The number of carbonyl (C=O) groups excluding carboxylic acids is 1. The quantitative estimate of drug-likeness (QED) is 0.768. The Balaban J connectivity index is 1.55. The fourth-order valence-corrected chi connectivity index (χ4v) is 3.81. The van der Waals surface area contributed by atoms with Crippen LogP contribution in [0.2, 0.25) is 0 Å². The summed E-state index contributed by atoms with van der Waals surface area (Å²) in [4.78, 5) is 12.2. The molecule has 1 aliphatic heterocycles. The molecule has 3 rings (SSSR count). The number of amides is 1. The van der Waals surface area contributed by atoms with Gasteiger partial charge in [0.1, 0.15) is 0 Å². The number of benzene rings is 1. The molecule has 1 aromatic heterocycles. The van der Waals surface area contributed by atoms with Crippen molar-refractivity contribution < 1.29 is 22.4 Å². The van der Waals surface area contributed by atoms with E-state index in [-0.39, 0.29) is 35.8 Å². The summed E-state index contributed by atoms with van der Waals surface area (Å²) in [5, 5.41) is 2.75. The molecule has 2 aromatic rings. The molecule has 7 nitrogen and oxygen atoms in total. The number of ether oxygens (including phenoxy) is 1. The number of nitrogens with one attached hydrogen (secondary N) is 2. The van der Waals surface area contributed by atoms with Crippen molar-refractivity contribution in [1.29, 1.82) is 0 Å². The molecular weight excluding hydrogens is 356 g/mol.